The van der Waals surface area contributed by atoms with E-state index in [9.17, 15) is 4.39 Å². The van der Waals surface area contributed by atoms with E-state index in [-0.39, 0.29) is 11.9 Å². The number of hydrogen-bond donors (Lipinski definition) is 1. The van der Waals surface area contributed by atoms with Crippen LogP contribution in [0.3, 0.4) is 0 Å². The molecule has 0 fully saturated rings. The molecule has 6 heteroatoms. The van der Waals surface area contributed by atoms with Crippen LogP contribution in [0.5, 0.6) is 0 Å². The van der Waals surface area contributed by atoms with Crippen LogP contribution in [0, 0.1) is 12.7 Å². The van der Waals surface area contributed by atoms with Gasteiger partial charge in [-0.25, -0.2) is 4.39 Å². The number of fused-ring (bicyclic) bond motifs is 2. The number of aryl methyl sites for hydroxylation is 2. The molecule has 0 bridgehead atoms. The zero-order chi connectivity index (χ0) is 15.1. The summed E-state index contributed by atoms with van der Waals surface area (Å²) in [5, 5.41) is 16.0. The summed E-state index contributed by atoms with van der Waals surface area (Å²) in [6.45, 7) is 1.86. The Bertz CT molecular complexity index is 842. The molecule has 5 nitrogen and oxygen atoms in total. The van der Waals surface area contributed by atoms with Gasteiger partial charge in [0.2, 0.25) is 0 Å². The third-order valence-electron chi connectivity index (χ3n) is 4.16. The second kappa shape index (κ2) is 5.05. The predicted octanol–water partition coefficient (Wildman–Crippen LogP) is 3.06. The van der Waals surface area contributed by atoms with Gasteiger partial charge in [0.15, 0.2) is 11.5 Å². The molecule has 1 aliphatic carbocycles. The molecule has 0 saturated carbocycles. The highest BCUT2D eigenvalue weighted by molar-refractivity contribution is 5.46. The normalized spacial score (nSPS) is 17.5. The summed E-state index contributed by atoms with van der Waals surface area (Å²) in [5.41, 5.74) is 2.97. The van der Waals surface area contributed by atoms with Crippen molar-refractivity contribution < 1.29 is 4.39 Å². The van der Waals surface area contributed by atoms with Crippen molar-refractivity contribution in [1.29, 1.82) is 0 Å². The Kier molecular flexibility index (Phi) is 3.03. The molecule has 2 aromatic heterocycles. The number of aromatic nitrogens is 4. The first-order chi connectivity index (χ1) is 10.7. The summed E-state index contributed by atoms with van der Waals surface area (Å²) >= 11 is 0. The van der Waals surface area contributed by atoms with Gasteiger partial charge in [-0.2, -0.15) is 4.52 Å². The van der Waals surface area contributed by atoms with Crippen LogP contribution in [-0.4, -0.2) is 19.8 Å². The number of anilines is 1. The third kappa shape index (κ3) is 2.20. The Labute approximate surface area is 127 Å². The molecule has 112 valence electrons. The average molecular weight is 297 g/mol. The Morgan fingerprint density at radius 2 is 2.14 bits per heavy atom. The Morgan fingerprint density at radius 3 is 3.05 bits per heavy atom. The van der Waals surface area contributed by atoms with E-state index in [1.54, 1.807) is 10.6 Å². The average Bonchev–Trinajstić information content (AvgIpc) is 2.89. The maximum Gasteiger partial charge on any atom is 0.178 e. The maximum atomic E-state index is 13.6. The summed E-state index contributed by atoms with van der Waals surface area (Å²) in [7, 11) is 0. The van der Waals surface area contributed by atoms with Crippen LogP contribution in [0.25, 0.3) is 5.65 Å². The lowest BCUT2D eigenvalue weighted by Gasteiger charge is -2.26. The monoisotopic (exact) mass is 297 g/mol. The summed E-state index contributed by atoms with van der Waals surface area (Å²) in [6, 6.07) is 8.91. The topological polar surface area (TPSA) is 55.1 Å². The van der Waals surface area contributed by atoms with E-state index < -0.39 is 0 Å². The van der Waals surface area contributed by atoms with Gasteiger partial charge in [-0.1, -0.05) is 6.07 Å². The van der Waals surface area contributed by atoms with Crippen molar-refractivity contribution in [2.24, 2.45) is 0 Å². The molecule has 0 saturated heterocycles. The second-order valence-electron chi connectivity index (χ2n) is 5.67. The molecule has 1 aliphatic rings. The van der Waals surface area contributed by atoms with E-state index in [0.717, 1.165) is 42.1 Å². The Balaban J connectivity index is 1.68. The zero-order valence-electron chi connectivity index (χ0n) is 12.3. The highest BCUT2D eigenvalue weighted by Gasteiger charge is 2.21. The predicted molar refractivity (Wildman–Crippen MR) is 81.2 cm³/mol. The lowest BCUT2D eigenvalue weighted by atomic mass is 9.87. The Morgan fingerprint density at radius 1 is 1.23 bits per heavy atom. The molecule has 1 unspecified atom stereocenters. The highest BCUT2D eigenvalue weighted by atomic mass is 19.1. The van der Waals surface area contributed by atoms with E-state index in [0.29, 0.717) is 0 Å². The molecule has 0 radical (unpaired) electrons. The van der Waals surface area contributed by atoms with E-state index in [2.05, 4.69) is 20.6 Å². The fraction of sp³-hybridized carbons (Fsp3) is 0.312. The van der Waals surface area contributed by atoms with Gasteiger partial charge in [0.25, 0.3) is 0 Å². The minimum atomic E-state index is -0.189. The van der Waals surface area contributed by atoms with Crippen LogP contribution in [0.2, 0.25) is 0 Å². The fourth-order valence-electron chi connectivity index (χ4n) is 3.07. The number of halogens is 1. The van der Waals surface area contributed by atoms with Crippen LogP contribution in [0.15, 0.2) is 30.3 Å². The van der Waals surface area contributed by atoms with Gasteiger partial charge in [0.1, 0.15) is 11.6 Å². The quantitative estimate of drug-likeness (QED) is 0.790. The summed E-state index contributed by atoms with van der Waals surface area (Å²) in [5.74, 6) is 1.30. The van der Waals surface area contributed by atoms with Crippen LogP contribution >= 0.6 is 0 Å². The molecule has 4 rings (SSSR count). The lowest BCUT2D eigenvalue weighted by Crippen LogP contribution is -2.18. The van der Waals surface area contributed by atoms with Crippen LogP contribution in [-0.2, 0) is 6.42 Å². The number of nitrogens with zero attached hydrogens (tertiary/aromatic N) is 4. The molecule has 1 aromatic carbocycles. The minimum absolute atomic E-state index is 0.0844. The SMILES string of the molecule is Cc1nnc2ccc(NC3CCCc4ccc(F)cc43)nn12. The first kappa shape index (κ1) is 13.2. The van der Waals surface area contributed by atoms with E-state index in [1.165, 1.54) is 11.6 Å². The molecular formula is C16H16FN5. The first-order valence-corrected chi connectivity index (χ1v) is 7.44. The number of rotatable bonds is 2. The van der Waals surface area contributed by atoms with Crippen molar-refractivity contribution in [2.45, 2.75) is 32.2 Å². The largest absolute Gasteiger partial charge is 0.362 e. The van der Waals surface area contributed by atoms with Crippen molar-refractivity contribution >= 4 is 11.5 Å². The van der Waals surface area contributed by atoms with Gasteiger partial charge in [-0.3, -0.25) is 0 Å². The van der Waals surface area contributed by atoms with Gasteiger partial charge < -0.3 is 5.32 Å². The lowest BCUT2D eigenvalue weighted by molar-refractivity contribution is 0.578. The molecule has 1 atom stereocenters. The second-order valence-corrected chi connectivity index (χ2v) is 5.67. The summed E-state index contributed by atoms with van der Waals surface area (Å²) in [4.78, 5) is 0. The van der Waals surface area contributed by atoms with E-state index in [1.807, 2.05) is 25.1 Å². The molecular weight excluding hydrogens is 281 g/mol. The molecule has 3 aromatic rings. The van der Waals surface area contributed by atoms with Gasteiger partial charge in [0, 0.05) is 0 Å². The van der Waals surface area contributed by atoms with Gasteiger partial charge >= 0.3 is 0 Å². The first-order valence-electron chi connectivity index (χ1n) is 7.44. The molecule has 0 spiro atoms. The minimum Gasteiger partial charge on any atom is -0.362 e. The van der Waals surface area contributed by atoms with Gasteiger partial charge in [-0.05, 0) is 61.6 Å². The number of hydrogen-bond acceptors (Lipinski definition) is 4. The smallest absolute Gasteiger partial charge is 0.178 e. The summed E-state index contributed by atoms with van der Waals surface area (Å²) < 4.78 is 15.3. The standard InChI is InChI=1S/C16H16FN5/c1-10-19-20-16-8-7-15(21-22(10)16)18-14-4-2-3-11-5-6-12(17)9-13(11)14/h5-9,14H,2-4H2,1H3,(H,18,21). The molecule has 2 heterocycles. The fourth-order valence-corrected chi connectivity index (χ4v) is 3.07. The molecule has 0 amide bonds. The maximum absolute atomic E-state index is 13.6. The molecule has 1 N–H and O–H groups in total. The van der Waals surface area contributed by atoms with Crippen LogP contribution in [0.4, 0.5) is 10.2 Å². The van der Waals surface area contributed by atoms with Crippen molar-refractivity contribution in [1.82, 2.24) is 19.8 Å². The van der Waals surface area contributed by atoms with Gasteiger partial charge in [0.05, 0.1) is 6.04 Å². The third-order valence-corrected chi connectivity index (χ3v) is 4.16. The van der Waals surface area contributed by atoms with E-state index in [4.69, 9.17) is 0 Å². The van der Waals surface area contributed by atoms with E-state index >= 15 is 0 Å². The molecule has 0 aliphatic heterocycles. The number of benzene rings is 1. The summed E-state index contributed by atoms with van der Waals surface area (Å²) in [6.07, 6.45) is 3.06. The van der Waals surface area contributed by atoms with Crippen molar-refractivity contribution in [2.75, 3.05) is 5.32 Å². The van der Waals surface area contributed by atoms with Crippen molar-refractivity contribution in [3.63, 3.8) is 0 Å². The number of nitrogens with one attached hydrogen (secondary N) is 1. The van der Waals surface area contributed by atoms with Crippen LogP contribution < -0.4 is 5.32 Å². The van der Waals surface area contributed by atoms with Crippen molar-refractivity contribution in [3.8, 4) is 0 Å². The van der Waals surface area contributed by atoms with Crippen molar-refractivity contribution in [3.05, 3.63) is 53.1 Å². The van der Waals surface area contributed by atoms with Gasteiger partial charge in [-0.15, -0.1) is 15.3 Å². The Hall–Kier alpha value is -2.50. The van der Waals surface area contributed by atoms with Crippen LogP contribution in [0.1, 0.15) is 35.8 Å². The molecule has 22 heavy (non-hydrogen) atoms. The zero-order valence-corrected chi connectivity index (χ0v) is 12.3. The highest BCUT2D eigenvalue weighted by Crippen LogP contribution is 2.32.